The lowest BCUT2D eigenvalue weighted by Crippen LogP contribution is -2.57. The topological polar surface area (TPSA) is 80.7 Å². The van der Waals surface area contributed by atoms with Crippen LogP contribution in [0.2, 0.25) is 0 Å². The lowest BCUT2D eigenvalue weighted by atomic mass is 9.45. The van der Waals surface area contributed by atoms with E-state index >= 15 is 4.39 Å². The molecule has 31 heavy (non-hydrogen) atoms. The standard InChI is InChI=1S/C25H35FO5/c1-14(28)16-13-23(2)17-5-8-24(3)18(6-9-25(24,4)30)15(17)11-20(26)19(23)12-21(16)31-22(29)7-10-27/h10,12,15-18,20-21,30H,5-9,11,13H2,1-4H3/t15-,16?,17-,18+,20?,21?,23-,24+,25?/m1/s1. The first-order valence-corrected chi connectivity index (χ1v) is 11.7. The van der Waals surface area contributed by atoms with Gasteiger partial charge < -0.3 is 14.6 Å². The van der Waals surface area contributed by atoms with Crippen LogP contribution in [0.1, 0.15) is 72.6 Å². The van der Waals surface area contributed by atoms with Crippen molar-refractivity contribution in [2.75, 3.05) is 0 Å². The Morgan fingerprint density at radius 1 is 1.23 bits per heavy atom. The van der Waals surface area contributed by atoms with Crippen molar-refractivity contribution in [1.29, 1.82) is 0 Å². The summed E-state index contributed by atoms with van der Waals surface area (Å²) in [6.07, 6.45) is 4.14. The maximum Gasteiger partial charge on any atom is 0.313 e. The van der Waals surface area contributed by atoms with Crippen LogP contribution in [0.5, 0.6) is 0 Å². The Morgan fingerprint density at radius 2 is 1.90 bits per heavy atom. The molecule has 0 saturated heterocycles. The number of Topliss-reactive ketones (excluding diaryl/α,β-unsaturated/α-hetero) is 1. The van der Waals surface area contributed by atoms with Crippen molar-refractivity contribution < 1.29 is 28.6 Å². The molecule has 0 spiro atoms. The third-order valence-corrected chi connectivity index (χ3v) is 9.72. The molecule has 4 aliphatic carbocycles. The fraction of sp³-hybridized carbons (Fsp3) is 0.800. The molecule has 1 N–H and O–H groups in total. The molecule has 6 heteroatoms. The van der Waals surface area contributed by atoms with Gasteiger partial charge in [-0.2, -0.15) is 0 Å². The van der Waals surface area contributed by atoms with Gasteiger partial charge in [0.2, 0.25) is 0 Å². The number of ketones is 1. The van der Waals surface area contributed by atoms with Gasteiger partial charge in [0, 0.05) is 0 Å². The second-order valence-electron chi connectivity index (χ2n) is 11.1. The van der Waals surface area contributed by atoms with E-state index in [0.717, 1.165) is 25.7 Å². The Morgan fingerprint density at radius 3 is 2.55 bits per heavy atom. The first-order valence-electron chi connectivity index (χ1n) is 11.7. The van der Waals surface area contributed by atoms with Crippen LogP contribution < -0.4 is 0 Å². The van der Waals surface area contributed by atoms with E-state index in [1.54, 1.807) is 6.08 Å². The highest BCUT2D eigenvalue weighted by molar-refractivity contribution is 5.85. The highest BCUT2D eigenvalue weighted by Crippen LogP contribution is 2.68. The second kappa shape index (κ2) is 7.50. The number of rotatable bonds is 4. The molecule has 5 nitrogen and oxygen atoms in total. The van der Waals surface area contributed by atoms with Crippen LogP contribution in [0.3, 0.4) is 0 Å². The number of hydrogen-bond acceptors (Lipinski definition) is 5. The third kappa shape index (κ3) is 3.32. The third-order valence-electron chi connectivity index (χ3n) is 9.72. The average Bonchev–Trinajstić information content (AvgIpc) is 2.92. The van der Waals surface area contributed by atoms with Gasteiger partial charge in [0.1, 0.15) is 30.8 Å². The SMILES string of the molecule is CC(=O)C1C[C@@]2(C)C(=CC1OC(=O)CC=O)C(F)C[C@@H]1[C@H]2CC[C@@]2(C)[C@H]1CCC2(C)O. The largest absolute Gasteiger partial charge is 0.457 e. The van der Waals surface area contributed by atoms with Gasteiger partial charge in [0.05, 0.1) is 11.5 Å². The van der Waals surface area contributed by atoms with Gasteiger partial charge in [-0.1, -0.05) is 13.8 Å². The van der Waals surface area contributed by atoms with Gasteiger partial charge in [-0.05, 0) is 92.6 Å². The van der Waals surface area contributed by atoms with E-state index in [9.17, 15) is 19.5 Å². The van der Waals surface area contributed by atoms with Crippen molar-refractivity contribution >= 4 is 18.0 Å². The summed E-state index contributed by atoms with van der Waals surface area (Å²) in [5.41, 5.74) is -0.740. The highest BCUT2D eigenvalue weighted by atomic mass is 19.1. The van der Waals surface area contributed by atoms with Crippen LogP contribution in [0.25, 0.3) is 0 Å². The monoisotopic (exact) mass is 434 g/mol. The number of aldehydes is 1. The van der Waals surface area contributed by atoms with Crippen LogP contribution in [0, 0.1) is 34.5 Å². The van der Waals surface area contributed by atoms with E-state index in [4.69, 9.17) is 4.74 Å². The number of aliphatic hydroxyl groups is 1. The molecular weight excluding hydrogens is 399 g/mol. The van der Waals surface area contributed by atoms with E-state index in [0.29, 0.717) is 24.7 Å². The summed E-state index contributed by atoms with van der Waals surface area (Å²) >= 11 is 0. The van der Waals surface area contributed by atoms with Crippen molar-refractivity contribution in [2.24, 2.45) is 34.5 Å². The summed E-state index contributed by atoms with van der Waals surface area (Å²) < 4.78 is 21.1. The minimum atomic E-state index is -1.15. The van der Waals surface area contributed by atoms with E-state index in [1.807, 2.05) is 6.92 Å². The molecule has 0 bridgehead atoms. The predicted molar refractivity (Wildman–Crippen MR) is 113 cm³/mol. The molecule has 0 aromatic rings. The Kier molecular flexibility index (Phi) is 5.47. The van der Waals surface area contributed by atoms with Crippen LogP contribution in [0.15, 0.2) is 11.6 Å². The number of alkyl halides is 1. The summed E-state index contributed by atoms with van der Waals surface area (Å²) in [6, 6.07) is 0. The summed E-state index contributed by atoms with van der Waals surface area (Å²) in [4.78, 5) is 35.1. The van der Waals surface area contributed by atoms with Gasteiger partial charge >= 0.3 is 5.97 Å². The maximum absolute atomic E-state index is 15.7. The lowest BCUT2D eigenvalue weighted by Gasteiger charge is -2.60. The number of hydrogen-bond donors (Lipinski definition) is 1. The molecule has 4 rings (SSSR count). The Labute approximate surface area is 183 Å². The number of esters is 1. The van der Waals surface area contributed by atoms with Gasteiger partial charge in [-0.25, -0.2) is 4.39 Å². The van der Waals surface area contributed by atoms with E-state index in [-0.39, 0.29) is 35.4 Å². The molecule has 0 aromatic heterocycles. The first kappa shape index (κ1) is 22.6. The van der Waals surface area contributed by atoms with E-state index in [1.165, 1.54) is 6.92 Å². The van der Waals surface area contributed by atoms with Gasteiger partial charge in [-0.3, -0.25) is 9.59 Å². The molecule has 0 amide bonds. The van der Waals surface area contributed by atoms with Crippen molar-refractivity contribution in [1.82, 2.24) is 0 Å². The molecule has 0 aromatic carbocycles. The first-order chi connectivity index (χ1) is 14.4. The molecule has 0 radical (unpaired) electrons. The fourth-order valence-corrected chi connectivity index (χ4v) is 7.78. The van der Waals surface area contributed by atoms with Crippen molar-refractivity contribution in [3.63, 3.8) is 0 Å². The summed E-state index contributed by atoms with van der Waals surface area (Å²) in [7, 11) is 0. The summed E-state index contributed by atoms with van der Waals surface area (Å²) in [6.45, 7) is 7.68. The van der Waals surface area contributed by atoms with Gasteiger partial charge in [-0.15, -0.1) is 0 Å². The van der Waals surface area contributed by atoms with Crippen LogP contribution in [0.4, 0.5) is 4.39 Å². The van der Waals surface area contributed by atoms with E-state index in [2.05, 4.69) is 13.8 Å². The lowest BCUT2D eigenvalue weighted by molar-refractivity contribution is -0.155. The van der Waals surface area contributed by atoms with Gasteiger partial charge in [0.15, 0.2) is 0 Å². The molecule has 9 atom stereocenters. The Bertz CT molecular complexity index is 819. The predicted octanol–water partition coefficient (Wildman–Crippen LogP) is 3.96. The smallest absolute Gasteiger partial charge is 0.313 e. The summed E-state index contributed by atoms with van der Waals surface area (Å²) in [5, 5.41) is 11.1. The molecule has 3 saturated carbocycles. The molecule has 4 unspecified atom stereocenters. The van der Waals surface area contributed by atoms with Crippen molar-refractivity contribution in [3.05, 3.63) is 11.6 Å². The molecule has 172 valence electrons. The highest BCUT2D eigenvalue weighted by Gasteiger charge is 2.64. The Hall–Kier alpha value is -1.56. The number of carbonyl (C=O) groups excluding carboxylic acids is 3. The average molecular weight is 435 g/mol. The van der Waals surface area contributed by atoms with Crippen LogP contribution >= 0.6 is 0 Å². The molecule has 0 heterocycles. The molecule has 3 fully saturated rings. The zero-order chi connectivity index (χ0) is 22.8. The zero-order valence-electron chi connectivity index (χ0n) is 19.0. The molecule has 0 aliphatic heterocycles. The number of carbonyl (C=O) groups is 3. The normalized spacial score (nSPS) is 48.6. The van der Waals surface area contributed by atoms with E-state index < -0.39 is 35.2 Å². The number of halogens is 1. The second-order valence-corrected chi connectivity index (χ2v) is 11.1. The van der Waals surface area contributed by atoms with Crippen LogP contribution in [-0.4, -0.2) is 41.0 Å². The van der Waals surface area contributed by atoms with Gasteiger partial charge in [0.25, 0.3) is 0 Å². The maximum atomic E-state index is 15.7. The van der Waals surface area contributed by atoms with Crippen molar-refractivity contribution in [2.45, 2.75) is 90.5 Å². The fourth-order valence-electron chi connectivity index (χ4n) is 7.78. The van der Waals surface area contributed by atoms with Crippen molar-refractivity contribution in [3.8, 4) is 0 Å². The Balaban J connectivity index is 1.69. The molecule has 4 aliphatic rings. The number of allylic oxidation sites excluding steroid dienone is 1. The molecular formula is C25H35FO5. The minimum Gasteiger partial charge on any atom is -0.457 e. The number of fused-ring (bicyclic) bond motifs is 5. The summed E-state index contributed by atoms with van der Waals surface area (Å²) in [5.74, 6) is -0.607. The number of ether oxygens (including phenoxy) is 1. The van der Waals surface area contributed by atoms with Crippen LogP contribution in [-0.2, 0) is 19.1 Å². The quantitative estimate of drug-likeness (QED) is 0.313. The minimum absolute atomic E-state index is 0.0811. The zero-order valence-corrected chi connectivity index (χ0v) is 19.0.